The molecule has 1 unspecified atom stereocenters. The zero-order valence-electron chi connectivity index (χ0n) is 10.4. The third kappa shape index (κ3) is 5.33. The molecule has 15 heavy (non-hydrogen) atoms. The fourth-order valence-corrected chi connectivity index (χ4v) is 1.36. The van der Waals surface area contributed by atoms with Gasteiger partial charge in [0.2, 0.25) is 0 Å². The third-order valence-corrected chi connectivity index (χ3v) is 2.89. The smallest absolute Gasteiger partial charge is 0.0566 e. The van der Waals surface area contributed by atoms with Gasteiger partial charge in [0.25, 0.3) is 0 Å². The van der Waals surface area contributed by atoms with Crippen molar-refractivity contribution in [1.82, 2.24) is 5.32 Å². The molecule has 1 fully saturated rings. The van der Waals surface area contributed by atoms with Crippen LogP contribution in [0.5, 0.6) is 0 Å². The molecule has 0 radical (unpaired) electrons. The van der Waals surface area contributed by atoms with E-state index < -0.39 is 0 Å². The normalized spacial score (nSPS) is 20.3. The van der Waals surface area contributed by atoms with Gasteiger partial charge in [0, 0.05) is 24.6 Å². The van der Waals surface area contributed by atoms with Gasteiger partial charge >= 0.3 is 0 Å². The van der Waals surface area contributed by atoms with E-state index in [4.69, 9.17) is 4.74 Å². The molecule has 0 aromatic rings. The molecule has 1 aliphatic rings. The van der Waals surface area contributed by atoms with E-state index in [1.54, 1.807) is 0 Å². The Balaban J connectivity index is 2.19. The van der Waals surface area contributed by atoms with Gasteiger partial charge in [-0.3, -0.25) is 0 Å². The summed E-state index contributed by atoms with van der Waals surface area (Å²) >= 11 is 0. The average Bonchev–Trinajstić information content (AvgIpc) is 2.99. The van der Waals surface area contributed by atoms with Gasteiger partial charge in [-0.1, -0.05) is 26.8 Å². The molecule has 1 N–H and O–H groups in total. The Labute approximate surface area is 94.1 Å². The van der Waals surface area contributed by atoms with Gasteiger partial charge in [-0.2, -0.15) is 0 Å². The summed E-state index contributed by atoms with van der Waals surface area (Å²) < 4.78 is 5.73. The Hall–Kier alpha value is -0.340. The first-order valence-electron chi connectivity index (χ1n) is 6.00. The molecule has 1 aliphatic carbocycles. The van der Waals surface area contributed by atoms with Crippen LogP contribution in [0.25, 0.3) is 0 Å². The van der Waals surface area contributed by atoms with E-state index in [2.05, 4.69) is 32.7 Å². The molecule has 0 aromatic carbocycles. The fraction of sp³-hybridized carbons (Fsp3) is 0.846. The molecule has 1 saturated carbocycles. The van der Waals surface area contributed by atoms with Crippen molar-refractivity contribution in [1.29, 1.82) is 0 Å². The highest BCUT2D eigenvalue weighted by atomic mass is 16.5. The molecule has 0 bridgehead atoms. The molecular weight excluding hydrogens is 186 g/mol. The zero-order valence-corrected chi connectivity index (χ0v) is 10.4. The van der Waals surface area contributed by atoms with Gasteiger partial charge < -0.3 is 10.1 Å². The Morgan fingerprint density at radius 2 is 2.20 bits per heavy atom. The van der Waals surface area contributed by atoms with Crippen molar-refractivity contribution in [2.24, 2.45) is 11.3 Å². The standard InChI is InChI=1S/C13H25NO/c1-5-13(4,9-14-11(2)3)10-15-8-12-6-7-12/h5,11-12,14H,1,6-10H2,2-4H3. The highest BCUT2D eigenvalue weighted by Crippen LogP contribution is 2.29. The fourth-order valence-electron chi connectivity index (χ4n) is 1.36. The predicted molar refractivity (Wildman–Crippen MR) is 65.0 cm³/mol. The first-order valence-corrected chi connectivity index (χ1v) is 6.00. The molecule has 0 aromatic heterocycles. The molecular formula is C13H25NO. The minimum Gasteiger partial charge on any atom is -0.380 e. The Morgan fingerprint density at radius 3 is 2.67 bits per heavy atom. The Morgan fingerprint density at radius 1 is 1.53 bits per heavy atom. The minimum atomic E-state index is 0.0686. The van der Waals surface area contributed by atoms with Crippen LogP contribution in [-0.4, -0.2) is 25.8 Å². The molecule has 2 heteroatoms. The molecule has 1 rings (SSSR count). The van der Waals surface area contributed by atoms with Gasteiger partial charge in [0.05, 0.1) is 6.61 Å². The number of hydrogen-bond acceptors (Lipinski definition) is 2. The molecule has 88 valence electrons. The van der Waals surface area contributed by atoms with Crippen LogP contribution in [0.3, 0.4) is 0 Å². The van der Waals surface area contributed by atoms with Crippen molar-refractivity contribution in [3.8, 4) is 0 Å². The van der Waals surface area contributed by atoms with Gasteiger partial charge in [0.15, 0.2) is 0 Å². The number of nitrogens with one attached hydrogen (secondary N) is 1. The second-order valence-corrected chi connectivity index (χ2v) is 5.35. The van der Waals surface area contributed by atoms with Gasteiger partial charge in [0.1, 0.15) is 0 Å². The summed E-state index contributed by atoms with van der Waals surface area (Å²) in [5, 5.41) is 3.44. The van der Waals surface area contributed by atoms with Crippen LogP contribution >= 0.6 is 0 Å². The monoisotopic (exact) mass is 211 g/mol. The first-order chi connectivity index (χ1) is 7.06. The van der Waals surface area contributed by atoms with E-state index in [0.29, 0.717) is 6.04 Å². The molecule has 0 aliphatic heterocycles. The molecule has 0 amide bonds. The lowest BCUT2D eigenvalue weighted by Gasteiger charge is -2.27. The van der Waals surface area contributed by atoms with E-state index in [1.165, 1.54) is 12.8 Å². The van der Waals surface area contributed by atoms with Gasteiger partial charge in [-0.15, -0.1) is 6.58 Å². The van der Waals surface area contributed by atoms with Crippen LogP contribution in [0.4, 0.5) is 0 Å². The lowest BCUT2D eigenvalue weighted by molar-refractivity contribution is 0.0679. The van der Waals surface area contributed by atoms with Crippen molar-refractivity contribution in [2.75, 3.05) is 19.8 Å². The Kier molecular flexibility index (Phi) is 4.81. The maximum absolute atomic E-state index is 5.73. The van der Waals surface area contributed by atoms with Crippen molar-refractivity contribution in [3.63, 3.8) is 0 Å². The summed E-state index contributed by atoms with van der Waals surface area (Å²) in [5.74, 6) is 0.845. The summed E-state index contributed by atoms with van der Waals surface area (Å²) in [6.07, 6.45) is 4.72. The van der Waals surface area contributed by atoms with Crippen LogP contribution in [0, 0.1) is 11.3 Å². The van der Waals surface area contributed by atoms with Crippen LogP contribution in [-0.2, 0) is 4.74 Å². The third-order valence-electron chi connectivity index (χ3n) is 2.89. The van der Waals surface area contributed by atoms with Crippen LogP contribution < -0.4 is 5.32 Å². The van der Waals surface area contributed by atoms with E-state index in [-0.39, 0.29) is 5.41 Å². The van der Waals surface area contributed by atoms with E-state index >= 15 is 0 Å². The predicted octanol–water partition coefficient (Wildman–Crippen LogP) is 2.60. The molecule has 0 spiro atoms. The van der Waals surface area contributed by atoms with Crippen LogP contribution in [0.2, 0.25) is 0 Å². The van der Waals surface area contributed by atoms with Gasteiger partial charge in [-0.25, -0.2) is 0 Å². The summed E-state index contributed by atoms with van der Waals surface area (Å²) in [6.45, 7) is 13.1. The van der Waals surface area contributed by atoms with Crippen molar-refractivity contribution in [3.05, 3.63) is 12.7 Å². The lowest BCUT2D eigenvalue weighted by Crippen LogP contribution is -2.37. The summed E-state index contributed by atoms with van der Waals surface area (Å²) in [7, 11) is 0. The number of rotatable bonds is 8. The average molecular weight is 211 g/mol. The van der Waals surface area contributed by atoms with Crippen molar-refractivity contribution >= 4 is 0 Å². The molecule has 0 heterocycles. The van der Waals surface area contributed by atoms with Crippen molar-refractivity contribution in [2.45, 2.75) is 39.7 Å². The topological polar surface area (TPSA) is 21.3 Å². The van der Waals surface area contributed by atoms with Crippen molar-refractivity contribution < 1.29 is 4.74 Å². The maximum atomic E-state index is 5.73. The highest BCUT2D eigenvalue weighted by molar-refractivity contribution is 4.93. The zero-order chi connectivity index (χ0) is 11.3. The van der Waals surface area contributed by atoms with Gasteiger partial charge in [-0.05, 0) is 18.8 Å². The molecule has 0 saturated heterocycles. The van der Waals surface area contributed by atoms with E-state index in [0.717, 1.165) is 25.7 Å². The van der Waals surface area contributed by atoms with Crippen LogP contribution in [0.15, 0.2) is 12.7 Å². The largest absolute Gasteiger partial charge is 0.380 e. The highest BCUT2D eigenvalue weighted by Gasteiger charge is 2.25. The van der Waals surface area contributed by atoms with E-state index in [1.807, 2.05) is 6.08 Å². The first kappa shape index (κ1) is 12.7. The minimum absolute atomic E-state index is 0.0686. The quantitative estimate of drug-likeness (QED) is 0.623. The summed E-state index contributed by atoms with van der Waals surface area (Å²) in [5.41, 5.74) is 0.0686. The van der Waals surface area contributed by atoms with Crippen LogP contribution in [0.1, 0.15) is 33.6 Å². The SMILES string of the molecule is C=CC(C)(CNC(C)C)COCC1CC1. The number of ether oxygens (including phenoxy) is 1. The second-order valence-electron chi connectivity index (χ2n) is 5.35. The Bertz CT molecular complexity index is 199. The summed E-state index contributed by atoms with van der Waals surface area (Å²) in [4.78, 5) is 0. The molecule has 1 atom stereocenters. The van der Waals surface area contributed by atoms with E-state index in [9.17, 15) is 0 Å². The lowest BCUT2D eigenvalue weighted by atomic mass is 9.91. The molecule has 2 nitrogen and oxygen atoms in total. The maximum Gasteiger partial charge on any atom is 0.0566 e. The summed E-state index contributed by atoms with van der Waals surface area (Å²) in [6, 6.07) is 0.521. The second kappa shape index (κ2) is 5.66. The number of hydrogen-bond donors (Lipinski definition) is 1.